The first-order chi connectivity index (χ1) is 15.9. The molecule has 0 unspecified atom stereocenters. The van der Waals surface area contributed by atoms with Crippen LogP contribution in [0.3, 0.4) is 0 Å². The van der Waals surface area contributed by atoms with Crippen LogP contribution in [-0.4, -0.2) is 44.8 Å². The molecule has 0 bridgehead atoms. The Morgan fingerprint density at radius 2 is 1.91 bits per heavy atom. The number of esters is 1. The molecule has 1 fully saturated rings. The molecule has 5 rings (SSSR count). The number of fused-ring (bicyclic) bond motifs is 1. The minimum atomic E-state index is -0.227. The van der Waals surface area contributed by atoms with E-state index < -0.39 is 0 Å². The Kier molecular flexibility index (Phi) is 5.55. The van der Waals surface area contributed by atoms with Gasteiger partial charge in [0.2, 0.25) is 0 Å². The fourth-order valence-electron chi connectivity index (χ4n) is 4.80. The summed E-state index contributed by atoms with van der Waals surface area (Å²) < 4.78 is 6.54. The van der Waals surface area contributed by atoms with Gasteiger partial charge < -0.3 is 10.1 Å². The van der Waals surface area contributed by atoms with E-state index in [9.17, 15) is 9.59 Å². The zero-order valence-corrected chi connectivity index (χ0v) is 19.0. The molecule has 2 aromatic heterocycles. The lowest BCUT2D eigenvalue weighted by Crippen LogP contribution is -2.50. The molecule has 3 aromatic rings. The number of nitrogens with zero attached hydrogens (tertiary/aromatic N) is 4. The number of aromatic nitrogens is 3. The van der Waals surface area contributed by atoms with E-state index in [1.165, 1.54) is 16.3 Å². The van der Waals surface area contributed by atoms with Gasteiger partial charge in [-0.1, -0.05) is 12.1 Å². The number of aryl methyl sites for hydroxylation is 1. The van der Waals surface area contributed by atoms with Crippen LogP contribution in [0.2, 0.25) is 0 Å². The van der Waals surface area contributed by atoms with Gasteiger partial charge in [-0.2, -0.15) is 5.10 Å². The summed E-state index contributed by atoms with van der Waals surface area (Å²) in [7, 11) is 1.63. The maximum Gasteiger partial charge on any atom is 0.338 e. The van der Waals surface area contributed by atoms with E-state index >= 15 is 0 Å². The molecule has 1 aromatic carbocycles. The molecule has 0 amide bonds. The fourth-order valence-corrected chi connectivity index (χ4v) is 4.80. The predicted octanol–water partition coefficient (Wildman–Crippen LogP) is 2.36. The fraction of sp³-hybridized carbons (Fsp3) is 0.360. The van der Waals surface area contributed by atoms with Gasteiger partial charge in [0.15, 0.2) is 0 Å². The third kappa shape index (κ3) is 4.19. The zero-order chi connectivity index (χ0) is 23.1. The molecule has 4 heterocycles. The van der Waals surface area contributed by atoms with E-state index in [0.29, 0.717) is 23.9 Å². The second kappa shape index (κ2) is 8.53. The lowest BCUT2D eigenvalue weighted by atomic mass is 9.92. The average molecular weight is 446 g/mol. The molecule has 33 heavy (non-hydrogen) atoms. The predicted molar refractivity (Wildman–Crippen MR) is 124 cm³/mol. The van der Waals surface area contributed by atoms with Gasteiger partial charge in [0.1, 0.15) is 12.3 Å². The van der Waals surface area contributed by atoms with Crippen LogP contribution < -0.4 is 10.9 Å². The molecule has 8 heteroatoms. The zero-order valence-electron chi connectivity index (χ0n) is 19.0. The van der Waals surface area contributed by atoms with Crippen molar-refractivity contribution in [2.75, 3.05) is 13.1 Å². The SMILES string of the molecule is Cc1c([C@@H]2CN(Cc3ccc(-c4ccc(=O)n(C)n4)nc3)C[C@H](C)N2)ccc2c1COC2=O. The quantitative estimate of drug-likeness (QED) is 0.617. The van der Waals surface area contributed by atoms with Crippen LogP contribution in [0.5, 0.6) is 0 Å². The number of pyridine rings is 1. The third-order valence-electron chi connectivity index (χ3n) is 6.50. The van der Waals surface area contributed by atoms with Crippen molar-refractivity contribution in [1.29, 1.82) is 0 Å². The van der Waals surface area contributed by atoms with E-state index in [2.05, 4.69) is 46.3 Å². The number of cyclic esters (lactones) is 1. The van der Waals surface area contributed by atoms with E-state index in [1.54, 1.807) is 13.1 Å². The van der Waals surface area contributed by atoms with Gasteiger partial charge in [-0.3, -0.25) is 14.7 Å². The van der Waals surface area contributed by atoms with Gasteiger partial charge in [-0.25, -0.2) is 9.48 Å². The normalized spacial score (nSPS) is 20.5. The number of rotatable bonds is 4. The Labute approximate surface area is 192 Å². The first-order valence-electron chi connectivity index (χ1n) is 11.2. The molecule has 2 atom stereocenters. The van der Waals surface area contributed by atoms with E-state index in [4.69, 9.17) is 4.74 Å². The van der Waals surface area contributed by atoms with Crippen LogP contribution in [0.15, 0.2) is 47.4 Å². The van der Waals surface area contributed by atoms with Crippen LogP contribution in [0.4, 0.5) is 0 Å². The van der Waals surface area contributed by atoms with Crippen molar-refractivity contribution in [3.63, 3.8) is 0 Å². The number of benzene rings is 1. The maximum atomic E-state index is 11.9. The molecule has 0 radical (unpaired) electrons. The maximum absolute atomic E-state index is 11.9. The summed E-state index contributed by atoms with van der Waals surface area (Å²) in [6, 6.07) is 11.7. The van der Waals surface area contributed by atoms with Crippen molar-refractivity contribution in [3.05, 3.63) is 80.8 Å². The molecular weight excluding hydrogens is 418 g/mol. The Balaban J connectivity index is 1.32. The van der Waals surface area contributed by atoms with Crippen LogP contribution in [0.1, 0.15) is 45.6 Å². The summed E-state index contributed by atoms with van der Waals surface area (Å²) in [5.41, 5.74) is 6.46. The Hall–Kier alpha value is -3.36. The van der Waals surface area contributed by atoms with Crippen LogP contribution in [-0.2, 0) is 24.9 Å². The Morgan fingerprint density at radius 3 is 2.67 bits per heavy atom. The summed E-state index contributed by atoms with van der Waals surface area (Å²) in [6.07, 6.45) is 1.88. The number of nitrogens with one attached hydrogen (secondary N) is 1. The molecule has 0 aliphatic carbocycles. The topological polar surface area (TPSA) is 89.3 Å². The van der Waals surface area contributed by atoms with Gasteiger partial charge in [-0.05, 0) is 48.7 Å². The lowest BCUT2D eigenvalue weighted by Gasteiger charge is -2.38. The van der Waals surface area contributed by atoms with Gasteiger partial charge in [0.25, 0.3) is 5.56 Å². The number of piperazine rings is 1. The number of carbonyl (C=O) groups is 1. The molecule has 170 valence electrons. The number of hydrogen-bond acceptors (Lipinski definition) is 7. The van der Waals surface area contributed by atoms with E-state index in [-0.39, 0.29) is 17.6 Å². The van der Waals surface area contributed by atoms with Gasteiger partial charge in [0, 0.05) is 56.6 Å². The van der Waals surface area contributed by atoms with Gasteiger partial charge in [-0.15, -0.1) is 0 Å². The van der Waals surface area contributed by atoms with Crippen molar-refractivity contribution in [2.24, 2.45) is 7.05 Å². The van der Waals surface area contributed by atoms with Crippen LogP contribution in [0, 0.1) is 6.92 Å². The van der Waals surface area contributed by atoms with Crippen molar-refractivity contribution in [2.45, 2.75) is 39.1 Å². The summed E-state index contributed by atoms with van der Waals surface area (Å²) in [5, 5.41) is 7.99. The second-order valence-corrected chi connectivity index (χ2v) is 8.93. The number of carbonyl (C=O) groups excluding carboxylic acids is 1. The van der Waals surface area contributed by atoms with Crippen LogP contribution >= 0.6 is 0 Å². The second-order valence-electron chi connectivity index (χ2n) is 8.93. The van der Waals surface area contributed by atoms with Crippen molar-refractivity contribution < 1.29 is 9.53 Å². The lowest BCUT2D eigenvalue weighted by molar-refractivity contribution is 0.0535. The third-order valence-corrected chi connectivity index (χ3v) is 6.50. The summed E-state index contributed by atoms with van der Waals surface area (Å²) in [6.45, 7) is 7.23. The van der Waals surface area contributed by atoms with Crippen molar-refractivity contribution in [3.8, 4) is 11.4 Å². The largest absolute Gasteiger partial charge is 0.457 e. The van der Waals surface area contributed by atoms with Gasteiger partial charge >= 0.3 is 5.97 Å². The summed E-state index contributed by atoms with van der Waals surface area (Å²) >= 11 is 0. The smallest absolute Gasteiger partial charge is 0.338 e. The minimum absolute atomic E-state index is 0.143. The Morgan fingerprint density at radius 1 is 1.09 bits per heavy atom. The molecular formula is C25H27N5O3. The highest BCUT2D eigenvalue weighted by molar-refractivity contribution is 5.94. The summed E-state index contributed by atoms with van der Waals surface area (Å²) in [5.74, 6) is -0.227. The molecule has 1 saturated heterocycles. The molecule has 1 N–H and O–H groups in total. The molecule has 0 saturated carbocycles. The number of ether oxygens (including phenoxy) is 1. The standard InChI is InChI=1S/C25H27N5O3/c1-15-11-30(12-17-4-7-21(26-10-17)22-8-9-24(31)29(3)28-22)13-23(27-15)18-5-6-19-20(16(18)2)14-33-25(19)32/h4-10,15,23,27H,11-14H2,1-3H3/t15-,23-/m0/s1. The first kappa shape index (κ1) is 21.5. The monoisotopic (exact) mass is 445 g/mol. The summed E-state index contributed by atoms with van der Waals surface area (Å²) in [4.78, 5) is 30.5. The highest BCUT2D eigenvalue weighted by atomic mass is 16.5. The average Bonchev–Trinajstić information content (AvgIpc) is 3.18. The molecule has 2 aliphatic heterocycles. The Bertz CT molecular complexity index is 1270. The van der Waals surface area contributed by atoms with Crippen molar-refractivity contribution >= 4 is 5.97 Å². The van der Waals surface area contributed by atoms with E-state index in [1.807, 2.05) is 18.3 Å². The highest BCUT2D eigenvalue weighted by Gasteiger charge is 2.30. The molecule has 0 spiro atoms. The van der Waals surface area contributed by atoms with Gasteiger partial charge in [0.05, 0.1) is 11.3 Å². The van der Waals surface area contributed by atoms with E-state index in [0.717, 1.165) is 42.0 Å². The number of hydrogen-bond donors (Lipinski definition) is 1. The first-order valence-corrected chi connectivity index (χ1v) is 11.2. The highest BCUT2D eigenvalue weighted by Crippen LogP contribution is 2.31. The van der Waals surface area contributed by atoms with Crippen molar-refractivity contribution in [1.82, 2.24) is 25.0 Å². The minimum Gasteiger partial charge on any atom is -0.457 e. The molecule has 8 nitrogen and oxygen atoms in total. The molecule has 2 aliphatic rings. The van der Waals surface area contributed by atoms with Crippen LogP contribution in [0.25, 0.3) is 11.4 Å².